The van der Waals surface area contributed by atoms with Crippen molar-refractivity contribution in [1.29, 1.82) is 0 Å². The van der Waals surface area contributed by atoms with Gasteiger partial charge >= 0.3 is 0 Å². The molecule has 0 saturated heterocycles. The van der Waals surface area contributed by atoms with E-state index >= 15 is 0 Å². The van der Waals surface area contributed by atoms with Gasteiger partial charge in [-0.3, -0.25) is 4.79 Å². The number of aromatic nitrogens is 2. The third-order valence-electron chi connectivity index (χ3n) is 3.92. The summed E-state index contributed by atoms with van der Waals surface area (Å²) >= 11 is 1.54. The summed E-state index contributed by atoms with van der Waals surface area (Å²) in [6.45, 7) is 4.47. The maximum absolute atomic E-state index is 12.2. The number of nitrogens with zero attached hydrogens (tertiary/aromatic N) is 3. The minimum Gasteiger partial charge on any atom is -0.484 e. The Bertz CT molecular complexity index is 841. The SMILES string of the molecule is CC(C)c1ccc(OCC(=O)N(C)Cc2nc(-c3cccs3)no2)cc1. The van der Waals surface area contributed by atoms with Crippen LogP contribution in [0.1, 0.15) is 31.2 Å². The molecule has 2 aromatic heterocycles. The van der Waals surface area contributed by atoms with Crippen molar-refractivity contribution >= 4 is 17.2 Å². The van der Waals surface area contributed by atoms with Crippen LogP contribution in [0.2, 0.25) is 0 Å². The predicted molar refractivity (Wildman–Crippen MR) is 100 cm³/mol. The second kappa shape index (κ2) is 8.14. The van der Waals surface area contributed by atoms with Crippen LogP contribution in [0.4, 0.5) is 0 Å². The molecule has 0 atom stereocenters. The summed E-state index contributed by atoms with van der Waals surface area (Å²) in [5.41, 5.74) is 1.23. The van der Waals surface area contributed by atoms with E-state index in [2.05, 4.69) is 24.0 Å². The van der Waals surface area contributed by atoms with Crippen LogP contribution in [0.3, 0.4) is 0 Å². The number of hydrogen-bond donors (Lipinski definition) is 0. The van der Waals surface area contributed by atoms with Crippen molar-refractivity contribution in [2.24, 2.45) is 0 Å². The molecule has 0 N–H and O–H groups in total. The van der Waals surface area contributed by atoms with Crippen molar-refractivity contribution in [2.75, 3.05) is 13.7 Å². The molecule has 0 unspecified atom stereocenters. The van der Waals surface area contributed by atoms with Gasteiger partial charge in [0.2, 0.25) is 11.7 Å². The first-order chi connectivity index (χ1) is 12.5. The summed E-state index contributed by atoms with van der Waals surface area (Å²) in [4.78, 5) is 19.0. The lowest BCUT2D eigenvalue weighted by atomic mass is 10.0. The molecule has 0 bridgehead atoms. The first-order valence-corrected chi connectivity index (χ1v) is 9.24. The summed E-state index contributed by atoms with van der Waals surface area (Å²) < 4.78 is 10.8. The molecule has 0 aliphatic carbocycles. The highest BCUT2D eigenvalue weighted by Crippen LogP contribution is 2.21. The molecule has 26 heavy (non-hydrogen) atoms. The van der Waals surface area contributed by atoms with Gasteiger partial charge in [0.15, 0.2) is 6.61 Å². The quantitative estimate of drug-likeness (QED) is 0.629. The summed E-state index contributed by atoms with van der Waals surface area (Å²) in [5, 5.41) is 5.89. The van der Waals surface area contributed by atoms with Gasteiger partial charge in [-0.05, 0) is 35.1 Å². The van der Waals surface area contributed by atoms with E-state index < -0.39 is 0 Å². The second-order valence-corrected chi connectivity index (χ2v) is 7.20. The molecule has 2 heterocycles. The van der Waals surface area contributed by atoms with Crippen molar-refractivity contribution in [3.8, 4) is 16.5 Å². The molecule has 0 aliphatic rings. The number of thiophene rings is 1. The number of benzene rings is 1. The summed E-state index contributed by atoms with van der Waals surface area (Å²) in [6, 6.07) is 11.6. The Morgan fingerprint density at radius 1 is 1.27 bits per heavy atom. The van der Waals surface area contributed by atoms with Crippen molar-refractivity contribution in [1.82, 2.24) is 15.0 Å². The van der Waals surface area contributed by atoms with Gasteiger partial charge < -0.3 is 14.2 Å². The molecule has 0 saturated carbocycles. The smallest absolute Gasteiger partial charge is 0.260 e. The number of amides is 1. The normalized spacial score (nSPS) is 10.9. The predicted octanol–water partition coefficient (Wildman–Crippen LogP) is 3.96. The molecule has 0 spiro atoms. The number of likely N-dealkylation sites (N-methyl/N-ethyl adjacent to an activating group) is 1. The van der Waals surface area contributed by atoms with E-state index in [0.29, 0.717) is 23.4 Å². The summed E-state index contributed by atoms with van der Waals surface area (Å²) in [6.07, 6.45) is 0. The van der Waals surface area contributed by atoms with Crippen LogP contribution < -0.4 is 4.74 Å². The molecule has 3 rings (SSSR count). The van der Waals surface area contributed by atoms with Crippen LogP contribution in [0.25, 0.3) is 10.7 Å². The Labute approximate surface area is 156 Å². The third kappa shape index (κ3) is 4.49. The van der Waals surface area contributed by atoms with Crippen molar-refractivity contribution in [2.45, 2.75) is 26.3 Å². The molecular formula is C19H21N3O3S. The Balaban J connectivity index is 1.51. The van der Waals surface area contributed by atoms with Crippen LogP contribution in [-0.2, 0) is 11.3 Å². The lowest BCUT2D eigenvalue weighted by Gasteiger charge is -2.15. The molecular weight excluding hydrogens is 350 g/mol. The third-order valence-corrected chi connectivity index (χ3v) is 4.78. The zero-order valence-corrected chi connectivity index (χ0v) is 15.8. The molecule has 6 nitrogen and oxygen atoms in total. The highest BCUT2D eigenvalue weighted by molar-refractivity contribution is 7.13. The van der Waals surface area contributed by atoms with E-state index in [1.54, 1.807) is 7.05 Å². The highest BCUT2D eigenvalue weighted by Gasteiger charge is 2.15. The standard InChI is InChI=1S/C19H21N3O3S/c1-13(2)14-6-8-15(9-7-14)24-12-18(23)22(3)11-17-20-19(21-25-17)16-5-4-10-26-16/h4-10,13H,11-12H2,1-3H3. The van der Waals surface area contributed by atoms with Gasteiger partial charge in [0.25, 0.3) is 5.91 Å². The minimum atomic E-state index is -0.159. The average molecular weight is 371 g/mol. The maximum Gasteiger partial charge on any atom is 0.260 e. The summed E-state index contributed by atoms with van der Waals surface area (Å²) in [7, 11) is 1.68. The lowest BCUT2D eigenvalue weighted by Crippen LogP contribution is -2.31. The first kappa shape index (κ1) is 18.1. The monoisotopic (exact) mass is 371 g/mol. The molecule has 0 aliphatic heterocycles. The number of rotatable bonds is 7. The van der Waals surface area contributed by atoms with Gasteiger partial charge in [-0.1, -0.05) is 37.2 Å². The minimum absolute atomic E-state index is 0.0382. The fourth-order valence-electron chi connectivity index (χ4n) is 2.32. The first-order valence-electron chi connectivity index (χ1n) is 8.36. The van der Waals surface area contributed by atoms with Crippen LogP contribution >= 0.6 is 11.3 Å². The van der Waals surface area contributed by atoms with Gasteiger partial charge in [0.05, 0.1) is 11.4 Å². The topological polar surface area (TPSA) is 68.5 Å². The molecule has 136 valence electrons. The average Bonchev–Trinajstić information content (AvgIpc) is 3.31. The van der Waals surface area contributed by atoms with Crippen LogP contribution in [0, 0.1) is 0 Å². The van der Waals surface area contributed by atoms with Crippen LogP contribution in [0.15, 0.2) is 46.3 Å². The maximum atomic E-state index is 12.2. The second-order valence-electron chi connectivity index (χ2n) is 6.25. The van der Waals surface area contributed by atoms with Crippen molar-refractivity contribution < 1.29 is 14.1 Å². The zero-order valence-electron chi connectivity index (χ0n) is 15.0. The van der Waals surface area contributed by atoms with E-state index in [1.807, 2.05) is 41.8 Å². The van der Waals surface area contributed by atoms with E-state index in [9.17, 15) is 4.79 Å². The van der Waals surface area contributed by atoms with E-state index in [1.165, 1.54) is 21.8 Å². The number of carbonyl (C=O) groups is 1. The van der Waals surface area contributed by atoms with Crippen LogP contribution in [-0.4, -0.2) is 34.6 Å². The largest absolute Gasteiger partial charge is 0.484 e. The van der Waals surface area contributed by atoms with E-state index in [0.717, 1.165) is 4.88 Å². The van der Waals surface area contributed by atoms with Gasteiger partial charge in [-0.15, -0.1) is 11.3 Å². The van der Waals surface area contributed by atoms with Gasteiger partial charge in [-0.2, -0.15) is 4.98 Å². The Morgan fingerprint density at radius 3 is 2.69 bits per heavy atom. The Morgan fingerprint density at radius 2 is 2.04 bits per heavy atom. The van der Waals surface area contributed by atoms with Crippen molar-refractivity contribution in [3.05, 3.63) is 53.2 Å². The number of hydrogen-bond acceptors (Lipinski definition) is 6. The number of ether oxygens (including phenoxy) is 1. The zero-order chi connectivity index (χ0) is 18.5. The summed E-state index contributed by atoms with van der Waals surface area (Å²) in [5.74, 6) is 1.91. The van der Waals surface area contributed by atoms with Gasteiger partial charge in [0.1, 0.15) is 5.75 Å². The molecule has 1 aromatic carbocycles. The fourth-order valence-corrected chi connectivity index (χ4v) is 2.97. The van der Waals surface area contributed by atoms with Gasteiger partial charge in [0, 0.05) is 7.05 Å². The molecule has 1 amide bonds. The Kier molecular flexibility index (Phi) is 5.68. The van der Waals surface area contributed by atoms with Gasteiger partial charge in [-0.25, -0.2) is 0 Å². The highest BCUT2D eigenvalue weighted by atomic mass is 32.1. The lowest BCUT2D eigenvalue weighted by molar-refractivity contribution is -0.132. The number of carbonyl (C=O) groups excluding carboxylic acids is 1. The van der Waals surface area contributed by atoms with E-state index in [4.69, 9.17) is 9.26 Å². The molecule has 3 aromatic rings. The molecule has 0 fully saturated rings. The molecule has 0 radical (unpaired) electrons. The van der Waals surface area contributed by atoms with Crippen LogP contribution in [0.5, 0.6) is 5.75 Å². The fraction of sp³-hybridized carbons (Fsp3) is 0.316. The van der Waals surface area contributed by atoms with E-state index in [-0.39, 0.29) is 19.1 Å². The molecule has 7 heteroatoms. The Hall–Kier alpha value is -2.67. The van der Waals surface area contributed by atoms with Crippen molar-refractivity contribution in [3.63, 3.8) is 0 Å².